The van der Waals surface area contributed by atoms with Gasteiger partial charge in [0.15, 0.2) is 0 Å². The van der Waals surface area contributed by atoms with Gasteiger partial charge >= 0.3 is 0 Å². The van der Waals surface area contributed by atoms with Crippen molar-refractivity contribution in [2.24, 2.45) is 0 Å². The maximum absolute atomic E-state index is 5.25. The molecule has 1 nitrogen and oxygen atoms in total. The van der Waals surface area contributed by atoms with Crippen LogP contribution in [0.2, 0.25) is 0 Å². The fraction of sp³-hybridized carbons (Fsp3) is 0.800. The summed E-state index contributed by atoms with van der Waals surface area (Å²) in [5.41, 5.74) is 0. The summed E-state index contributed by atoms with van der Waals surface area (Å²) in [5, 5.41) is 0. The molecule has 0 amide bonds. The average molecular weight is 155 g/mol. The van der Waals surface area contributed by atoms with Crippen LogP contribution in [-0.4, -0.2) is 13.2 Å². The van der Waals surface area contributed by atoms with Crippen molar-refractivity contribution in [3.63, 3.8) is 0 Å². The van der Waals surface area contributed by atoms with Gasteiger partial charge in [0.25, 0.3) is 0 Å². The van der Waals surface area contributed by atoms with Gasteiger partial charge in [0, 0.05) is 7.11 Å². The van der Waals surface area contributed by atoms with Gasteiger partial charge in [0.05, 0.1) is 6.10 Å². The molecule has 0 fully saturated rings. The number of rotatable bonds is 7. The van der Waals surface area contributed by atoms with Gasteiger partial charge in [-0.15, -0.1) is 0 Å². The highest BCUT2D eigenvalue weighted by Gasteiger charge is 1.97. The van der Waals surface area contributed by atoms with E-state index in [4.69, 9.17) is 11.3 Å². The number of methoxy groups -OCH3 is 1. The fourth-order valence-electron chi connectivity index (χ4n) is 0.989. The van der Waals surface area contributed by atoms with Crippen LogP contribution < -0.4 is 0 Å². The second-order valence-corrected chi connectivity index (χ2v) is 2.92. The Kier molecular flexibility index (Phi) is 7.59. The van der Waals surface area contributed by atoms with E-state index in [1.54, 1.807) is 13.2 Å². The van der Waals surface area contributed by atoms with Crippen molar-refractivity contribution >= 4 is 0 Å². The Hall–Kier alpha value is -0.300. The van der Waals surface area contributed by atoms with Crippen LogP contribution in [0.4, 0.5) is 0 Å². The Morgan fingerprint density at radius 3 is 2.64 bits per heavy atom. The highest BCUT2D eigenvalue weighted by Crippen LogP contribution is 2.06. The molecule has 11 heavy (non-hydrogen) atoms. The lowest BCUT2D eigenvalue weighted by molar-refractivity contribution is 0.108. The second kappa shape index (κ2) is 7.80. The molecule has 0 N–H and O–H groups in total. The maximum atomic E-state index is 5.25. The molecule has 0 aliphatic heterocycles. The van der Waals surface area contributed by atoms with E-state index in [1.807, 2.05) is 0 Å². The molecule has 1 radical (unpaired) electrons. The molecular formula is C10H19O. The van der Waals surface area contributed by atoms with E-state index in [2.05, 4.69) is 6.92 Å². The summed E-state index contributed by atoms with van der Waals surface area (Å²) in [5.74, 6) is 0. The van der Waals surface area contributed by atoms with Gasteiger partial charge in [-0.3, -0.25) is 0 Å². The summed E-state index contributed by atoms with van der Waals surface area (Å²) in [7, 11) is 1.76. The molecule has 0 heterocycles. The molecule has 0 saturated heterocycles. The minimum Gasteiger partial charge on any atom is -0.382 e. The molecule has 0 bridgehead atoms. The first kappa shape index (κ1) is 10.7. The maximum Gasteiger partial charge on any atom is 0.0543 e. The smallest absolute Gasteiger partial charge is 0.0543 e. The van der Waals surface area contributed by atoms with Crippen LogP contribution in [0.15, 0.2) is 6.08 Å². The van der Waals surface area contributed by atoms with Gasteiger partial charge < -0.3 is 4.74 Å². The van der Waals surface area contributed by atoms with Crippen molar-refractivity contribution in [2.45, 2.75) is 45.1 Å². The lowest BCUT2D eigenvalue weighted by Gasteiger charge is -2.07. The Balaban J connectivity index is 2.95. The molecule has 0 spiro atoms. The predicted octanol–water partition coefficient (Wildman–Crippen LogP) is 2.96. The predicted molar refractivity (Wildman–Crippen MR) is 48.4 cm³/mol. The zero-order valence-corrected chi connectivity index (χ0v) is 7.68. The zero-order valence-electron chi connectivity index (χ0n) is 7.68. The number of hydrogen-bond acceptors (Lipinski definition) is 1. The SMILES string of the molecule is [CH]=CCCCCCC(C)OC. The Morgan fingerprint density at radius 2 is 2.09 bits per heavy atom. The van der Waals surface area contributed by atoms with Crippen LogP contribution in [0.1, 0.15) is 39.0 Å². The van der Waals surface area contributed by atoms with Crippen LogP contribution >= 0.6 is 0 Å². The molecular weight excluding hydrogens is 136 g/mol. The van der Waals surface area contributed by atoms with Crippen molar-refractivity contribution in [3.8, 4) is 0 Å². The third-order valence-corrected chi connectivity index (χ3v) is 1.88. The quantitative estimate of drug-likeness (QED) is 0.514. The highest BCUT2D eigenvalue weighted by molar-refractivity contribution is 4.62. The van der Waals surface area contributed by atoms with Gasteiger partial charge in [0.2, 0.25) is 0 Å². The molecule has 1 unspecified atom stereocenters. The van der Waals surface area contributed by atoms with Crippen LogP contribution in [0.5, 0.6) is 0 Å². The first-order valence-corrected chi connectivity index (χ1v) is 4.37. The summed E-state index contributed by atoms with van der Waals surface area (Å²) >= 11 is 0. The molecule has 0 aromatic carbocycles. The topological polar surface area (TPSA) is 9.23 Å². The van der Waals surface area contributed by atoms with E-state index in [0.717, 1.165) is 6.42 Å². The van der Waals surface area contributed by atoms with Gasteiger partial charge in [-0.2, -0.15) is 0 Å². The normalized spacial score (nSPS) is 12.9. The van der Waals surface area contributed by atoms with Crippen molar-refractivity contribution in [1.82, 2.24) is 0 Å². The van der Waals surface area contributed by atoms with Gasteiger partial charge in [-0.05, 0) is 26.2 Å². The van der Waals surface area contributed by atoms with Gasteiger partial charge in [-0.25, -0.2) is 0 Å². The van der Waals surface area contributed by atoms with Crippen LogP contribution in [0, 0.1) is 6.58 Å². The van der Waals surface area contributed by atoms with E-state index >= 15 is 0 Å². The Labute approximate surface area is 70.4 Å². The van der Waals surface area contributed by atoms with E-state index < -0.39 is 0 Å². The fourth-order valence-corrected chi connectivity index (χ4v) is 0.989. The summed E-state index contributed by atoms with van der Waals surface area (Å²) in [6.07, 6.45) is 8.09. The molecule has 0 aromatic rings. The van der Waals surface area contributed by atoms with E-state index in [-0.39, 0.29) is 0 Å². The Morgan fingerprint density at radius 1 is 1.36 bits per heavy atom. The molecule has 65 valence electrons. The third-order valence-electron chi connectivity index (χ3n) is 1.88. The van der Waals surface area contributed by atoms with E-state index in [9.17, 15) is 0 Å². The molecule has 0 rings (SSSR count). The largest absolute Gasteiger partial charge is 0.382 e. The monoisotopic (exact) mass is 155 g/mol. The average Bonchev–Trinajstić information content (AvgIpc) is 2.04. The minimum atomic E-state index is 0.414. The molecule has 0 aliphatic carbocycles. The first-order chi connectivity index (χ1) is 5.31. The molecule has 1 heteroatoms. The number of unbranched alkanes of at least 4 members (excludes halogenated alkanes) is 3. The number of allylic oxidation sites excluding steroid dienone is 1. The lowest BCUT2D eigenvalue weighted by Crippen LogP contribution is -2.03. The van der Waals surface area contributed by atoms with Crippen LogP contribution in [0.3, 0.4) is 0 Å². The van der Waals surface area contributed by atoms with Crippen molar-refractivity contribution in [2.75, 3.05) is 7.11 Å². The lowest BCUT2D eigenvalue weighted by atomic mass is 10.1. The Bertz CT molecular complexity index is 88.9. The standard InChI is InChI=1S/C10H19O/c1-4-5-6-7-8-9-10(2)11-3/h1,4,10H,5-9H2,2-3H3. The summed E-state index contributed by atoms with van der Waals surface area (Å²) < 4.78 is 5.12. The third kappa shape index (κ3) is 7.60. The van der Waals surface area contributed by atoms with Crippen LogP contribution in [-0.2, 0) is 4.74 Å². The zero-order chi connectivity index (χ0) is 8.53. The van der Waals surface area contributed by atoms with Crippen molar-refractivity contribution in [3.05, 3.63) is 12.7 Å². The molecule has 0 aliphatic rings. The molecule has 1 atom stereocenters. The van der Waals surface area contributed by atoms with Crippen molar-refractivity contribution in [1.29, 1.82) is 0 Å². The number of hydrogen-bond donors (Lipinski definition) is 0. The number of ether oxygens (including phenoxy) is 1. The summed E-state index contributed by atoms with van der Waals surface area (Å²) in [6, 6.07) is 0. The molecule has 0 aromatic heterocycles. The van der Waals surface area contributed by atoms with Crippen LogP contribution in [0.25, 0.3) is 0 Å². The second-order valence-electron chi connectivity index (χ2n) is 2.92. The first-order valence-electron chi connectivity index (χ1n) is 4.37. The highest BCUT2D eigenvalue weighted by atomic mass is 16.5. The van der Waals surface area contributed by atoms with E-state index in [0.29, 0.717) is 6.10 Å². The minimum absolute atomic E-state index is 0.414. The molecule has 0 saturated carbocycles. The van der Waals surface area contributed by atoms with E-state index in [1.165, 1.54) is 25.7 Å². The van der Waals surface area contributed by atoms with Gasteiger partial charge in [0.1, 0.15) is 0 Å². The van der Waals surface area contributed by atoms with Gasteiger partial charge in [-0.1, -0.05) is 25.5 Å². The summed E-state index contributed by atoms with van der Waals surface area (Å²) in [4.78, 5) is 0. The summed E-state index contributed by atoms with van der Waals surface area (Å²) in [6.45, 7) is 7.35. The van der Waals surface area contributed by atoms with Crippen molar-refractivity contribution < 1.29 is 4.74 Å².